The molecule has 82 valence electrons. The summed E-state index contributed by atoms with van der Waals surface area (Å²) in [6.45, 7) is 9.05. The first kappa shape index (κ1) is 11.7. The molecule has 0 heterocycles. The molecule has 0 saturated heterocycles. The Balaban J connectivity index is 2.41. The maximum atomic E-state index is 6.39. The molecule has 0 aliphatic heterocycles. The Hall–Kier alpha value is -0.340. The van der Waals surface area contributed by atoms with Crippen molar-refractivity contribution in [3.05, 3.63) is 12.7 Å². The number of hydrogen-bond donors (Lipinski definition) is 1. The molecule has 0 aromatic rings. The quantitative estimate of drug-likeness (QED) is 0.683. The molecule has 0 spiro atoms. The summed E-state index contributed by atoms with van der Waals surface area (Å²) in [5, 5.41) is 0. The molecule has 0 aromatic carbocycles. The van der Waals surface area contributed by atoms with E-state index in [1.165, 1.54) is 32.1 Å². The highest BCUT2D eigenvalue weighted by Crippen LogP contribution is 2.26. The lowest BCUT2D eigenvalue weighted by Crippen LogP contribution is -2.51. The first-order valence-electron chi connectivity index (χ1n) is 5.82. The fraction of sp³-hybridized carbons (Fsp3) is 0.833. The van der Waals surface area contributed by atoms with Crippen LogP contribution in [0.2, 0.25) is 0 Å². The predicted octanol–water partition coefficient (Wildman–Crippen LogP) is 2.16. The monoisotopic (exact) mass is 196 g/mol. The van der Waals surface area contributed by atoms with Gasteiger partial charge in [0.15, 0.2) is 0 Å². The van der Waals surface area contributed by atoms with Gasteiger partial charge in [-0.3, -0.25) is 4.90 Å². The Kier molecular flexibility index (Phi) is 4.63. The number of hydrogen-bond acceptors (Lipinski definition) is 2. The van der Waals surface area contributed by atoms with Crippen LogP contribution in [0, 0.1) is 0 Å². The highest BCUT2D eigenvalue weighted by molar-refractivity contribution is 4.91. The van der Waals surface area contributed by atoms with Crippen molar-refractivity contribution >= 4 is 0 Å². The van der Waals surface area contributed by atoms with Gasteiger partial charge in [-0.05, 0) is 19.4 Å². The molecule has 1 fully saturated rings. The summed E-state index contributed by atoms with van der Waals surface area (Å²) < 4.78 is 0. The highest BCUT2D eigenvalue weighted by Gasteiger charge is 2.28. The zero-order chi connectivity index (χ0) is 10.4. The van der Waals surface area contributed by atoms with Crippen LogP contribution in [0.25, 0.3) is 0 Å². The maximum absolute atomic E-state index is 6.39. The Morgan fingerprint density at radius 1 is 1.36 bits per heavy atom. The lowest BCUT2D eigenvalue weighted by atomic mass is 9.82. The van der Waals surface area contributed by atoms with Crippen molar-refractivity contribution in [2.75, 3.05) is 19.6 Å². The smallest absolute Gasteiger partial charge is 0.0283 e. The number of rotatable bonds is 5. The van der Waals surface area contributed by atoms with Crippen LogP contribution in [-0.2, 0) is 0 Å². The van der Waals surface area contributed by atoms with Crippen molar-refractivity contribution in [3.63, 3.8) is 0 Å². The summed E-state index contributed by atoms with van der Waals surface area (Å²) >= 11 is 0. The third-order valence-electron chi connectivity index (χ3n) is 3.22. The molecule has 0 aromatic heterocycles. The van der Waals surface area contributed by atoms with Gasteiger partial charge in [-0.15, -0.1) is 6.58 Å². The standard InChI is InChI=1S/C12H24N2/c1-3-10-14(4-2)11-12(13)8-6-5-7-9-12/h3H,1,4-11,13H2,2H3. The first-order chi connectivity index (χ1) is 6.70. The van der Waals surface area contributed by atoms with Crippen molar-refractivity contribution in [3.8, 4) is 0 Å². The van der Waals surface area contributed by atoms with Gasteiger partial charge in [-0.25, -0.2) is 0 Å². The summed E-state index contributed by atoms with van der Waals surface area (Å²) in [6, 6.07) is 0. The van der Waals surface area contributed by atoms with Crippen molar-refractivity contribution in [1.82, 2.24) is 4.90 Å². The van der Waals surface area contributed by atoms with Crippen LogP contribution >= 0.6 is 0 Å². The van der Waals surface area contributed by atoms with Gasteiger partial charge in [0.05, 0.1) is 0 Å². The van der Waals surface area contributed by atoms with Crippen LogP contribution < -0.4 is 5.73 Å². The van der Waals surface area contributed by atoms with Crippen LogP contribution in [0.4, 0.5) is 0 Å². The van der Waals surface area contributed by atoms with Gasteiger partial charge in [0.25, 0.3) is 0 Å². The minimum atomic E-state index is 0.0806. The van der Waals surface area contributed by atoms with Crippen LogP contribution in [-0.4, -0.2) is 30.1 Å². The minimum Gasteiger partial charge on any atom is -0.324 e. The summed E-state index contributed by atoms with van der Waals surface area (Å²) in [6.07, 6.45) is 8.34. The Labute approximate surface area is 88.2 Å². The van der Waals surface area contributed by atoms with E-state index in [0.29, 0.717) is 0 Å². The maximum Gasteiger partial charge on any atom is 0.0283 e. The van der Waals surface area contributed by atoms with Gasteiger partial charge in [0.2, 0.25) is 0 Å². The van der Waals surface area contributed by atoms with Gasteiger partial charge < -0.3 is 5.73 Å². The topological polar surface area (TPSA) is 29.3 Å². The number of nitrogens with two attached hydrogens (primary N) is 1. The van der Waals surface area contributed by atoms with E-state index in [1.807, 2.05) is 6.08 Å². The lowest BCUT2D eigenvalue weighted by Gasteiger charge is -2.37. The van der Waals surface area contributed by atoms with Crippen molar-refractivity contribution < 1.29 is 0 Å². The Bertz CT molecular complexity index is 171. The second-order valence-electron chi connectivity index (χ2n) is 4.54. The zero-order valence-electron chi connectivity index (χ0n) is 9.47. The van der Waals surface area contributed by atoms with Crippen LogP contribution in [0.3, 0.4) is 0 Å². The SMILES string of the molecule is C=CCN(CC)CC1(N)CCCCC1. The molecule has 0 atom stereocenters. The van der Waals surface area contributed by atoms with Crippen LogP contribution in [0.5, 0.6) is 0 Å². The average Bonchev–Trinajstić information content (AvgIpc) is 2.18. The second-order valence-corrected chi connectivity index (χ2v) is 4.54. The summed E-state index contributed by atoms with van der Waals surface area (Å²) in [4.78, 5) is 2.39. The molecule has 1 aliphatic rings. The van der Waals surface area contributed by atoms with E-state index in [1.54, 1.807) is 0 Å². The van der Waals surface area contributed by atoms with Crippen molar-refractivity contribution in [2.24, 2.45) is 5.73 Å². The number of nitrogens with zero attached hydrogens (tertiary/aromatic N) is 1. The summed E-state index contributed by atoms with van der Waals surface area (Å²) in [5.74, 6) is 0. The molecule has 1 rings (SSSR count). The molecule has 0 amide bonds. The van der Waals surface area contributed by atoms with E-state index in [2.05, 4.69) is 18.4 Å². The lowest BCUT2D eigenvalue weighted by molar-refractivity contribution is 0.190. The summed E-state index contributed by atoms with van der Waals surface area (Å²) in [5.41, 5.74) is 6.47. The molecule has 0 radical (unpaired) electrons. The zero-order valence-corrected chi connectivity index (χ0v) is 9.47. The third kappa shape index (κ3) is 3.43. The molecular weight excluding hydrogens is 172 g/mol. The Morgan fingerprint density at radius 2 is 2.00 bits per heavy atom. The molecule has 14 heavy (non-hydrogen) atoms. The minimum absolute atomic E-state index is 0.0806. The third-order valence-corrected chi connectivity index (χ3v) is 3.22. The first-order valence-corrected chi connectivity index (χ1v) is 5.82. The number of likely N-dealkylation sites (N-methyl/N-ethyl adjacent to an activating group) is 1. The Morgan fingerprint density at radius 3 is 2.50 bits per heavy atom. The second kappa shape index (κ2) is 5.52. The highest BCUT2D eigenvalue weighted by atomic mass is 15.1. The van der Waals surface area contributed by atoms with E-state index in [4.69, 9.17) is 5.73 Å². The molecule has 0 unspecified atom stereocenters. The molecule has 2 nitrogen and oxygen atoms in total. The fourth-order valence-electron chi connectivity index (χ4n) is 2.35. The largest absolute Gasteiger partial charge is 0.324 e. The van der Waals surface area contributed by atoms with Gasteiger partial charge >= 0.3 is 0 Å². The summed E-state index contributed by atoms with van der Waals surface area (Å²) in [7, 11) is 0. The van der Waals surface area contributed by atoms with Crippen LogP contribution in [0.15, 0.2) is 12.7 Å². The predicted molar refractivity (Wildman–Crippen MR) is 62.3 cm³/mol. The van der Waals surface area contributed by atoms with E-state index >= 15 is 0 Å². The van der Waals surface area contributed by atoms with Crippen molar-refractivity contribution in [1.29, 1.82) is 0 Å². The molecule has 0 bridgehead atoms. The van der Waals surface area contributed by atoms with E-state index in [9.17, 15) is 0 Å². The molecular formula is C12H24N2. The van der Waals surface area contributed by atoms with E-state index in [0.717, 1.165) is 19.6 Å². The molecule has 1 saturated carbocycles. The van der Waals surface area contributed by atoms with E-state index < -0.39 is 0 Å². The van der Waals surface area contributed by atoms with E-state index in [-0.39, 0.29) is 5.54 Å². The molecule has 2 N–H and O–H groups in total. The van der Waals surface area contributed by atoms with Gasteiger partial charge in [0.1, 0.15) is 0 Å². The molecule has 1 aliphatic carbocycles. The van der Waals surface area contributed by atoms with Crippen molar-refractivity contribution in [2.45, 2.75) is 44.6 Å². The van der Waals surface area contributed by atoms with Gasteiger partial charge in [-0.2, -0.15) is 0 Å². The average molecular weight is 196 g/mol. The van der Waals surface area contributed by atoms with Gasteiger partial charge in [0, 0.05) is 18.6 Å². The van der Waals surface area contributed by atoms with Gasteiger partial charge in [-0.1, -0.05) is 32.3 Å². The van der Waals surface area contributed by atoms with Crippen LogP contribution in [0.1, 0.15) is 39.0 Å². The molecule has 2 heteroatoms. The fourth-order valence-corrected chi connectivity index (χ4v) is 2.35. The normalized spacial score (nSPS) is 21.1.